The van der Waals surface area contributed by atoms with Gasteiger partial charge in [-0.15, -0.1) is 0 Å². The predicted molar refractivity (Wildman–Crippen MR) is 70.9 cm³/mol. The fourth-order valence-corrected chi connectivity index (χ4v) is 2.63. The van der Waals surface area contributed by atoms with Crippen LogP contribution in [0.4, 0.5) is 0 Å². The highest BCUT2D eigenvalue weighted by Crippen LogP contribution is 2.25. The number of carbonyl (C=O) groups is 1. The Morgan fingerprint density at radius 3 is 2.47 bits per heavy atom. The van der Waals surface area contributed by atoms with E-state index in [1.165, 1.54) is 32.1 Å². The van der Waals surface area contributed by atoms with E-state index >= 15 is 0 Å². The summed E-state index contributed by atoms with van der Waals surface area (Å²) in [6.45, 7) is 4.17. The van der Waals surface area contributed by atoms with Gasteiger partial charge in [0, 0.05) is 0 Å². The van der Waals surface area contributed by atoms with Crippen molar-refractivity contribution in [2.45, 2.75) is 58.8 Å². The maximum Gasteiger partial charge on any atom is 0.306 e. The maximum atomic E-state index is 11.1. The minimum absolute atomic E-state index is 0.199. The van der Waals surface area contributed by atoms with Crippen molar-refractivity contribution in [3.05, 3.63) is 12.2 Å². The summed E-state index contributed by atoms with van der Waals surface area (Å²) in [6.07, 6.45) is 12.5. The van der Waals surface area contributed by atoms with Crippen LogP contribution in [0, 0.1) is 17.8 Å². The van der Waals surface area contributed by atoms with Crippen LogP contribution in [0.3, 0.4) is 0 Å². The molecule has 0 bridgehead atoms. The van der Waals surface area contributed by atoms with Gasteiger partial charge in [-0.05, 0) is 37.5 Å². The van der Waals surface area contributed by atoms with Gasteiger partial charge in [0.1, 0.15) is 0 Å². The van der Waals surface area contributed by atoms with E-state index < -0.39 is 5.97 Å². The van der Waals surface area contributed by atoms with E-state index in [1.807, 2.05) is 0 Å². The SMILES string of the molecule is CC(C)CC(C/C=C/C1CCCCC1)C(=O)O. The Labute approximate surface area is 105 Å². The third-order valence-corrected chi connectivity index (χ3v) is 3.58. The Balaban J connectivity index is 2.34. The number of rotatable bonds is 6. The van der Waals surface area contributed by atoms with Crippen LogP contribution < -0.4 is 0 Å². The zero-order valence-corrected chi connectivity index (χ0v) is 11.2. The number of aliphatic carboxylic acids is 1. The van der Waals surface area contributed by atoms with Crippen LogP contribution in [0.1, 0.15) is 58.8 Å². The highest BCUT2D eigenvalue weighted by molar-refractivity contribution is 5.70. The fourth-order valence-electron chi connectivity index (χ4n) is 2.63. The first-order valence-corrected chi connectivity index (χ1v) is 6.99. The predicted octanol–water partition coefficient (Wildman–Crippen LogP) is 4.26. The number of hydrogen-bond acceptors (Lipinski definition) is 1. The van der Waals surface area contributed by atoms with Crippen molar-refractivity contribution in [1.82, 2.24) is 0 Å². The quantitative estimate of drug-likeness (QED) is 0.702. The van der Waals surface area contributed by atoms with Crippen LogP contribution >= 0.6 is 0 Å². The molecule has 0 aromatic heterocycles. The summed E-state index contributed by atoms with van der Waals surface area (Å²) < 4.78 is 0. The van der Waals surface area contributed by atoms with Gasteiger partial charge in [0.05, 0.1) is 5.92 Å². The van der Waals surface area contributed by atoms with Crippen LogP contribution in [-0.4, -0.2) is 11.1 Å². The second-order valence-electron chi connectivity index (χ2n) is 5.73. The first-order valence-electron chi connectivity index (χ1n) is 6.99. The molecule has 0 amide bonds. The molecule has 2 heteroatoms. The largest absolute Gasteiger partial charge is 0.481 e. The Morgan fingerprint density at radius 1 is 1.29 bits per heavy atom. The lowest BCUT2D eigenvalue weighted by atomic mass is 9.88. The summed E-state index contributed by atoms with van der Waals surface area (Å²) in [7, 11) is 0. The van der Waals surface area contributed by atoms with Crippen molar-refractivity contribution in [2.75, 3.05) is 0 Å². The Bertz CT molecular complexity index is 250. The molecule has 0 heterocycles. The van der Waals surface area contributed by atoms with Crippen molar-refractivity contribution >= 4 is 5.97 Å². The maximum absolute atomic E-state index is 11.1. The molecule has 0 saturated heterocycles. The van der Waals surface area contributed by atoms with Gasteiger partial charge in [-0.2, -0.15) is 0 Å². The highest BCUT2D eigenvalue weighted by Gasteiger charge is 2.17. The van der Waals surface area contributed by atoms with Gasteiger partial charge in [0.2, 0.25) is 0 Å². The molecule has 0 aromatic rings. The fraction of sp³-hybridized carbons (Fsp3) is 0.800. The number of allylic oxidation sites excluding steroid dienone is 2. The molecule has 2 nitrogen and oxygen atoms in total. The summed E-state index contributed by atoms with van der Waals surface area (Å²) >= 11 is 0. The third-order valence-electron chi connectivity index (χ3n) is 3.58. The van der Waals surface area contributed by atoms with Gasteiger partial charge in [-0.3, -0.25) is 4.79 Å². The van der Waals surface area contributed by atoms with E-state index in [9.17, 15) is 4.79 Å². The lowest BCUT2D eigenvalue weighted by Gasteiger charge is -2.18. The molecule has 1 aliphatic carbocycles. The molecule has 17 heavy (non-hydrogen) atoms. The van der Waals surface area contributed by atoms with Gasteiger partial charge in [-0.25, -0.2) is 0 Å². The van der Waals surface area contributed by atoms with Crippen LogP contribution in [0.15, 0.2) is 12.2 Å². The van der Waals surface area contributed by atoms with Crippen molar-refractivity contribution in [1.29, 1.82) is 0 Å². The minimum Gasteiger partial charge on any atom is -0.481 e. The molecule has 1 atom stereocenters. The van der Waals surface area contributed by atoms with Gasteiger partial charge < -0.3 is 5.11 Å². The summed E-state index contributed by atoms with van der Waals surface area (Å²) in [5.74, 6) is 0.318. The first kappa shape index (κ1) is 14.3. The molecule has 0 radical (unpaired) electrons. The average molecular weight is 238 g/mol. The molecule has 1 fully saturated rings. The Morgan fingerprint density at radius 2 is 1.94 bits per heavy atom. The monoisotopic (exact) mass is 238 g/mol. The summed E-state index contributed by atoms with van der Waals surface area (Å²) in [5.41, 5.74) is 0. The zero-order chi connectivity index (χ0) is 12.7. The first-order chi connectivity index (χ1) is 8.09. The highest BCUT2D eigenvalue weighted by atomic mass is 16.4. The van der Waals surface area contributed by atoms with Crippen molar-refractivity contribution in [2.24, 2.45) is 17.8 Å². The molecule has 1 saturated carbocycles. The van der Waals surface area contributed by atoms with Gasteiger partial charge in [-0.1, -0.05) is 45.3 Å². The van der Waals surface area contributed by atoms with E-state index in [4.69, 9.17) is 5.11 Å². The van der Waals surface area contributed by atoms with E-state index in [1.54, 1.807) is 0 Å². The molecule has 1 unspecified atom stereocenters. The second-order valence-corrected chi connectivity index (χ2v) is 5.73. The zero-order valence-electron chi connectivity index (χ0n) is 11.2. The summed E-state index contributed by atoms with van der Waals surface area (Å²) in [6, 6.07) is 0. The van der Waals surface area contributed by atoms with Crippen LogP contribution in [0.5, 0.6) is 0 Å². The molecule has 0 aromatic carbocycles. The lowest BCUT2D eigenvalue weighted by molar-refractivity contribution is -0.142. The molecular formula is C15H26O2. The molecule has 1 N–H and O–H groups in total. The lowest BCUT2D eigenvalue weighted by Crippen LogP contribution is -2.15. The topological polar surface area (TPSA) is 37.3 Å². The van der Waals surface area contributed by atoms with E-state index in [0.717, 1.165) is 6.42 Å². The van der Waals surface area contributed by atoms with Crippen LogP contribution in [0.25, 0.3) is 0 Å². The van der Waals surface area contributed by atoms with E-state index in [-0.39, 0.29) is 5.92 Å². The van der Waals surface area contributed by atoms with E-state index in [2.05, 4.69) is 26.0 Å². The third kappa shape index (κ3) is 5.90. The molecule has 1 rings (SSSR count). The number of carboxylic acid groups (broad SMARTS) is 1. The normalized spacial score (nSPS) is 19.9. The molecule has 0 spiro atoms. The van der Waals surface area contributed by atoms with E-state index in [0.29, 0.717) is 18.3 Å². The Hall–Kier alpha value is -0.790. The van der Waals surface area contributed by atoms with Gasteiger partial charge in [0.15, 0.2) is 0 Å². The minimum atomic E-state index is -0.646. The standard InChI is InChI=1S/C15H26O2/c1-12(2)11-14(15(16)17)10-6-9-13-7-4-3-5-8-13/h6,9,12-14H,3-5,7-8,10-11H2,1-2H3,(H,16,17)/b9-6+. The molecule has 1 aliphatic rings. The molecule has 98 valence electrons. The average Bonchev–Trinajstić information content (AvgIpc) is 2.28. The van der Waals surface area contributed by atoms with Crippen LogP contribution in [0.2, 0.25) is 0 Å². The van der Waals surface area contributed by atoms with Crippen molar-refractivity contribution in [3.63, 3.8) is 0 Å². The van der Waals surface area contributed by atoms with Crippen molar-refractivity contribution < 1.29 is 9.90 Å². The molecular weight excluding hydrogens is 212 g/mol. The van der Waals surface area contributed by atoms with Gasteiger partial charge >= 0.3 is 5.97 Å². The summed E-state index contributed by atoms with van der Waals surface area (Å²) in [5, 5.41) is 9.13. The smallest absolute Gasteiger partial charge is 0.306 e. The van der Waals surface area contributed by atoms with Gasteiger partial charge in [0.25, 0.3) is 0 Å². The number of hydrogen-bond donors (Lipinski definition) is 1. The van der Waals surface area contributed by atoms with Crippen LogP contribution in [-0.2, 0) is 4.79 Å². The molecule has 0 aliphatic heterocycles. The Kier molecular flexibility index (Phi) is 6.31. The number of carboxylic acids is 1. The van der Waals surface area contributed by atoms with Crippen molar-refractivity contribution in [3.8, 4) is 0 Å². The second kappa shape index (κ2) is 7.52. The summed E-state index contributed by atoms with van der Waals surface area (Å²) in [4.78, 5) is 11.1.